The number of aromatic nitrogens is 1. The molecule has 1 aromatic carbocycles. The molecule has 2 heterocycles. The largest absolute Gasteiger partial charge is 0.362 e. The third-order valence-corrected chi connectivity index (χ3v) is 5.21. The van der Waals surface area contributed by atoms with Crippen LogP contribution in [0.2, 0.25) is 0 Å². The van der Waals surface area contributed by atoms with Crippen molar-refractivity contribution in [2.24, 2.45) is 5.92 Å². The highest BCUT2D eigenvalue weighted by atomic mass is 16.2. The second-order valence-corrected chi connectivity index (χ2v) is 7.21. The van der Waals surface area contributed by atoms with Gasteiger partial charge in [-0.3, -0.25) is 9.59 Å². The number of aryl methyl sites for hydroxylation is 1. The highest BCUT2D eigenvalue weighted by Gasteiger charge is 2.28. The minimum Gasteiger partial charge on any atom is -0.362 e. The van der Waals surface area contributed by atoms with E-state index >= 15 is 0 Å². The van der Waals surface area contributed by atoms with E-state index in [2.05, 4.69) is 22.1 Å². The molecule has 0 bridgehead atoms. The maximum Gasteiger partial charge on any atom is 0.242 e. The van der Waals surface area contributed by atoms with Gasteiger partial charge < -0.3 is 15.1 Å². The van der Waals surface area contributed by atoms with Crippen LogP contribution in [0.15, 0.2) is 48.7 Å². The molecule has 3 rings (SSSR count). The van der Waals surface area contributed by atoms with Gasteiger partial charge >= 0.3 is 0 Å². The van der Waals surface area contributed by atoms with E-state index in [1.165, 1.54) is 0 Å². The summed E-state index contributed by atoms with van der Waals surface area (Å²) in [7, 11) is 0. The maximum atomic E-state index is 12.7. The molecule has 6 nitrogen and oxygen atoms in total. The average Bonchev–Trinajstić information content (AvgIpc) is 2.72. The van der Waals surface area contributed by atoms with E-state index in [4.69, 9.17) is 0 Å². The summed E-state index contributed by atoms with van der Waals surface area (Å²) in [4.78, 5) is 33.4. The second kappa shape index (κ2) is 9.35. The number of anilines is 2. The number of hydrogen-bond donors (Lipinski definition) is 1. The van der Waals surface area contributed by atoms with Crippen molar-refractivity contribution in [1.82, 2.24) is 9.88 Å². The Kier molecular flexibility index (Phi) is 6.63. The predicted molar refractivity (Wildman–Crippen MR) is 111 cm³/mol. The van der Waals surface area contributed by atoms with Crippen LogP contribution in [-0.2, 0) is 9.59 Å². The standard InChI is InChI=1S/C22H28N4O2/c1-3-25(19-7-5-4-6-8-19)16-21(27)26-13-10-18(11-14-26)22(28)24-20-15-17(2)9-12-23-20/h4-9,12,15,18H,3,10-11,13-14,16H2,1-2H3,(H,23,24,28). The van der Waals surface area contributed by atoms with E-state index in [-0.39, 0.29) is 17.7 Å². The summed E-state index contributed by atoms with van der Waals surface area (Å²) in [5, 5.41) is 2.90. The molecule has 0 unspecified atom stereocenters. The van der Waals surface area contributed by atoms with E-state index < -0.39 is 0 Å². The van der Waals surface area contributed by atoms with Gasteiger partial charge in [0.15, 0.2) is 0 Å². The highest BCUT2D eigenvalue weighted by Crippen LogP contribution is 2.20. The van der Waals surface area contributed by atoms with E-state index in [9.17, 15) is 9.59 Å². The minimum absolute atomic E-state index is 0.00957. The molecule has 0 spiro atoms. The van der Waals surface area contributed by atoms with Crippen molar-refractivity contribution >= 4 is 23.3 Å². The van der Waals surface area contributed by atoms with Crippen LogP contribution in [0.3, 0.4) is 0 Å². The number of piperidine rings is 1. The van der Waals surface area contributed by atoms with Crippen LogP contribution in [-0.4, -0.2) is 47.9 Å². The first-order chi connectivity index (χ1) is 13.6. The molecule has 148 valence electrons. The quantitative estimate of drug-likeness (QED) is 0.836. The van der Waals surface area contributed by atoms with E-state index in [0.717, 1.165) is 17.8 Å². The molecule has 28 heavy (non-hydrogen) atoms. The van der Waals surface area contributed by atoms with Crippen LogP contribution in [0.25, 0.3) is 0 Å². The number of benzene rings is 1. The Labute approximate surface area is 166 Å². The van der Waals surface area contributed by atoms with E-state index in [1.807, 2.05) is 54.3 Å². The lowest BCUT2D eigenvalue weighted by Gasteiger charge is -2.33. The van der Waals surface area contributed by atoms with Crippen molar-refractivity contribution in [2.75, 3.05) is 36.4 Å². The zero-order valence-corrected chi connectivity index (χ0v) is 16.6. The van der Waals surface area contributed by atoms with Crippen molar-refractivity contribution in [3.05, 3.63) is 54.2 Å². The zero-order valence-electron chi connectivity index (χ0n) is 16.6. The summed E-state index contributed by atoms with van der Waals surface area (Å²) in [6, 6.07) is 13.7. The van der Waals surface area contributed by atoms with Crippen molar-refractivity contribution in [3.8, 4) is 0 Å². The first-order valence-corrected chi connectivity index (χ1v) is 9.88. The summed E-state index contributed by atoms with van der Waals surface area (Å²) >= 11 is 0. The van der Waals surface area contributed by atoms with Gasteiger partial charge in [0.1, 0.15) is 5.82 Å². The summed E-state index contributed by atoms with van der Waals surface area (Å²) < 4.78 is 0. The molecule has 0 radical (unpaired) electrons. The van der Waals surface area contributed by atoms with Crippen molar-refractivity contribution in [1.29, 1.82) is 0 Å². The van der Waals surface area contributed by atoms with Gasteiger partial charge in [-0.15, -0.1) is 0 Å². The third kappa shape index (κ3) is 5.09. The van der Waals surface area contributed by atoms with Gasteiger partial charge in [0, 0.05) is 37.4 Å². The normalized spacial score (nSPS) is 14.6. The average molecular weight is 380 g/mol. The number of carbonyl (C=O) groups excluding carboxylic acids is 2. The van der Waals surface area contributed by atoms with Gasteiger partial charge in [-0.2, -0.15) is 0 Å². The smallest absolute Gasteiger partial charge is 0.242 e. The molecule has 2 amide bonds. The highest BCUT2D eigenvalue weighted by molar-refractivity contribution is 5.92. The summed E-state index contributed by atoms with van der Waals surface area (Å²) in [5.41, 5.74) is 2.11. The van der Waals surface area contributed by atoms with Crippen LogP contribution in [0.5, 0.6) is 0 Å². The molecule has 6 heteroatoms. The fraction of sp³-hybridized carbons (Fsp3) is 0.409. The number of rotatable bonds is 6. The van der Waals surface area contributed by atoms with Gasteiger partial charge in [-0.1, -0.05) is 18.2 Å². The lowest BCUT2D eigenvalue weighted by Crippen LogP contribution is -2.45. The van der Waals surface area contributed by atoms with E-state index in [1.54, 1.807) is 6.20 Å². The van der Waals surface area contributed by atoms with Gasteiger partial charge in [-0.05, 0) is 56.5 Å². The molecule has 2 aromatic rings. The van der Waals surface area contributed by atoms with Gasteiger partial charge in [0.25, 0.3) is 0 Å². The Morgan fingerprint density at radius 2 is 1.89 bits per heavy atom. The van der Waals surface area contributed by atoms with Crippen LogP contribution in [0, 0.1) is 12.8 Å². The summed E-state index contributed by atoms with van der Waals surface area (Å²) in [6.45, 7) is 6.39. The van der Waals surface area contributed by atoms with Crippen LogP contribution in [0.4, 0.5) is 11.5 Å². The number of pyridine rings is 1. The molecule has 1 fully saturated rings. The lowest BCUT2D eigenvalue weighted by molar-refractivity contribution is -0.133. The Hall–Kier alpha value is -2.89. The van der Waals surface area contributed by atoms with E-state index in [0.29, 0.717) is 38.3 Å². The van der Waals surface area contributed by atoms with Crippen LogP contribution in [0.1, 0.15) is 25.3 Å². The summed E-state index contributed by atoms with van der Waals surface area (Å²) in [6.07, 6.45) is 3.06. The fourth-order valence-electron chi connectivity index (χ4n) is 3.51. The Balaban J connectivity index is 1.50. The Bertz CT molecular complexity index is 801. The first kappa shape index (κ1) is 19.9. The monoisotopic (exact) mass is 380 g/mol. The van der Waals surface area contributed by atoms with Crippen LogP contribution < -0.4 is 10.2 Å². The molecule has 1 N–H and O–H groups in total. The number of nitrogens with one attached hydrogen (secondary N) is 1. The zero-order chi connectivity index (χ0) is 19.9. The molecule has 1 saturated heterocycles. The molecule has 0 aliphatic carbocycles. The predicted octanol–water partition coefficient (Wildman–Crippen LogP) is 3.09. The SMILES string of the molecule is CCN(CC(=O)N1CCC(C(=O)Nc2cc(C)ccn2)CC1)c1ccccc1. The molecular formula is C22H28N4O2. The van der Waals surface area contributed by atoms with Gasteiger partial charge in [0.2, 0.25) is 11.8 Å². The third-order valence-electron chi connectivity index (χ3n) is 5.21. The second-order valence-electron chi connectivity index (χ2n) is 7.21. The molecule has 0 saturated carbocycles. The number of likely N-dealkylation sites (tertiary alicyclic amines) is 1. The fourth-order valence-corrected chi connectivity index (χ4v) is 3.51. The Morgan fingerprint density at radius 1 is 1.18 bits per heavy atom. The summed E-state index contributed by atoms with van der Waals surface area (Å²) in [5.74, 6) is 0.613. The van der Waals surface area contributed by atoms with Crippen LogP contribution >= 0.6 is 0 Å². The lowest BCUT2D eigenvalue weighted by atomic mass is 9.96. The number of hydrogen-bond acceptors (Lipinski definition) is 4. The number of likely N-dealkylation sites (N-methyl/N-ethyl adjacent to an activating group) is 1. The number of nitrogens with zero attached hydrogens (tertiary/aromatic N) is 3. The molecular weight excluding hydrogens is 352 g/mol. The maximum absolute atomic E-state index is 12.7. The van der Waals surface area contributed by atoms with Crippen molar-refractivity contribution in [2.45, 2.75) is 26.7 Å². The van der Waals surface area contributed by atoms with Gasteiger partial charge in [0.05, 0.1) is 6.54 Å². The molecule has 1 aliphatic rings. The molecule has 1 aliphatic heterocycles. The number of amides is 2. The minimum atomic E-state index is -0.0808. The Morgan fingerprint density at radius 3 is 2.54 bits per heavy atom. The number of para-hydroxylation sites is 1. The molecule has 1 aromatic heterocycles. The van der Waals surface area contributed by atoms with Crippen molar-refractivity contribution < 1.29 is 9.59 Å². The van der Waals surface area contributed by atoms with Crippen molar-refractivity contribution in [3.63, 3.8) is 0 Å². The molecule has 0 atom stereocenters. The first-order valence-electron chi connectivity index (χ1n) is 9.88. The topological polar surface area (TPSA) is 65.5 Å². The van der Waals surface area contributed by atoms with Gasteiger partial charge in [-0.25, -0.2) is 4.98 Å². The number of carbonyl (C=O) groups is 2.